The Morgan fingerprint density at radius 1 is 1.11 bits per heavy atom. The van der Waals surface area contributed by atoms with Crippen LogP contribution in [0.15, 0.2) is 48.7 Å². The first kappa shape index (κ1) is 11.9. The number of hydrogen-bond donors (Lipinski definition) is 1. The largest absolute Gasteiger partial charge is 0.316 e. The fourth-order valence-electron chi connectivity index (χ4n) is 2.39. The van der Waals surface area contributed by atoms with Crippen molar-refractivity contribution in [3.8, 4) is 5.69 Å². The molecule has 3 rings (SSSR count). The summed E-state index contributed by atoms with van der Waals surface area (Å²) in [6.07, 6.45) is 2.10. The van der Waals surface area contributed by atoms with Gasteiger partial charge in [-0.15, -0.1) is 0 Å². The number of nitrogens with one attached hydrogen (secondary N) is 1. The van der Waals surface area contributed by atoms with E-state index in [1.807, 2.05) is 18.7 Å². The molecule has 1 aromatic heterocycles. The molecule has 2 aromatic carbocycles. The molecule has 3 nitrogen and oxygen atoms in total. The fourth-order valence-corrected chi connectivity index (χ4v) is 2.39. The molecule has 0 saturated heterocycles. The van der Waals surface area contributed by atoms with E-state index in [0.717, 1.165) is 17.9 Å². The van der Waals surface area contributed by atoms with Gasteiger partial charge in [-0.3, -0.25) is 0 Å². The second-order valence-corrected chi connectivity index (χ2v) is 4.71. The molecule has 3 aromatic rings. The van der Waals surface area contributed by atoms with Crippen LogP contribution in [-0.4, -0.2) is 16.8 Å². The van der Waals surface area contributed by atoms with Crippen LogP contribution in [0.4, 0.5) is 0 Å². The van der Waals surface area contributed by atoms with Gasteiger partial charge in [-0.05, 0) is 25.4 Å². The van der Waals surface area contributed by atoms with Crippen molar-refractivity contribution in [2.75, 3.05) is 7.05 Å². The van der Waals surface area contributed by atoms with Gasteiger partial charge in [0.25, 0.3) is 0 Å². The van der Waals surface area contributed by atoms with Gasteiger partial charge in [-0.1, -0.05) is 36.4 Å². The van der Waals surface area contributed by atoms with Gasteiger partial charge < -0.3 is 5.32 Å². The minimum absolute atomic E-state index is 0.844. The molecule has 0 aliphatic carbocycles. The molecular formula is C16H17N3. The molecule has 0 bridgehead atoms. The second-order valence-electron chi connectivity index (χ2n) is 4.71. The van der Waals surface area contributed by atoms with Crippen molar-refractivity contribution < 1.29 is 0 Å². The van der Waals surface area contributed by atoms with Gasteiger partial charge in [-0.2, -0.15) is 5.10 Å². The van der Waals surface area contributed by atoms with Crippen LogP contribution in [0, 0.1) is 6.92 Å². The van der Waals surface area contributed by atoms with E-state index in [-0.39, 0.29) is 0 Å². The Hall–Kier alpha value is -2.13. The smallest absolute Gasteiger partial charge is 0.0724 e. The molecule has 3 heteroatoms. The molecule has 1 heterocycles. The van der Waals surface area contributed by atoms with Crippen molar-refractivity contribution in [1.29, 1.82) is 0 Å². The Kier molecular flexibility index (Phi) is 3.05. The second kappa shape index (κ2) is 4.86. The zero-order valence-corrected chi connectivity index (χ0v) is 11.2. The lowest BCUT2D eigenvalue weighted by atomic mass is 10.1. The quantitative estimate of drug-likeness (QED) is 0.775. The number of aryl methyl sites for hydroxylation is 1. The van der Waals surface area contributed by atoms with Gasteiger partial charge in [-0.25, -0.2) is 4.68 Å². The first-order chi connectivity index (χ1) is 9.29. The Morgan fingerprint density at radius 3 is 2.74 bits per heavy atom. The lowest BCUT2D eigenvalue weighted by Crippen LogP contribution is -2.05. The minimum Gasteiger partial charge on any atom is -0.316 e. The molecule has 0 atom stereocenters. The highest BCUT2D eigenvalue weighted by Gasteiger charge is 2.07. The van der Waals surface area contributed by atoms with Crippen molar-refractivity contribution >= 4 is 10.8 Å². The molecule has 19 heavy (non-hydrogen) atoms. The summed E-state index contributed by atoms with van der Waals surface area (Å²) in [5.74, 6) is 0. The van der Waals surface area contributed by atoms with E-state index in [2.05, 4.69) is 59.1 Å². The maximum Gasteiger partial charge on any atom is 0.0724 e. The van der Waals surface area contributed by atoms with Gasteiger partial charge >= 0.3 is 0 Å². The third-order valence-corrected chi connectivity index (χ3v) is 3.38. The van der Waals surface area contributed by atoms with Gasteiger partial charge in [0, 0.05) is 23.7 Å². The number of benzene rings is 2. The summed E-state index contributed by atoms with van der Waals surface area (Å²) < 4.78 is 1.98. The van der Waals surface area contributed by atoms with Crippen LogP contribution < -0.4 is 5.32 Å². The average Bonchev–Trinajstić information content (AvgIpc) is 2.80. The van der Waals surface area contributed by atoms with Gasteiger partial charge in [0.1, 0.15) is 0 Å². The van der Waals surface area contributed by atoms with Crippen LogP contribution in [0.1, 0.15) is 11.3 Å². The summed E-state index contributed by atoms with van der Waals surface area (Å²) in [6, 6.07) is 14.7. The lowest BCUT2D eigenvalue weighted by Gasteiger charge is -2.06. The SMILES string of the molecule is CNCc1cn(-c2cccc3ccccc23)nc1C. The topological polar surface area (TPSA) is 29.9 Å². The molecule has 0 unspecified atom stereocenters. The number of rotatable bonds is 3. The van der Waals surface area contributed by atoms with Crippen molar-refractivity contribution in [1.82, 2.24) is 15.1 Å². The van der Waals surface area contributed by atoms with E-state index < -0.39 is 0 Å². The number of hydrogen-bond acceptors (Lipinski definition) is 2. The van der Waals surface area contributed by atoms with E-state index in [1.54, 1.807) is 0 Å². The molecule has 1 N–H and O–H groups in total. The van der Waals surface area contributed by atoms with E-state index >= 15 is 0 Å². The van der Waals surface area contributed by atoms with Gasteiger partial charge in [0.15, 0.2) is 0 Å². The Labute approximate surface area is 112 Å². The summed E-state index contributed by atoms with van der Waals surface area (Å²) in [7, 11) is 1.95. The molecule has 0 radical (unpaired) electrons. The normalized spacial score (nSPS) is 11.1. The zero-order chi connectivity index (χ0) is 13.2. The van der Waals surface area contributed by atoms with Crippen LogP contribution in [-0.2, 0) is 6.54 Å². The summed E-state index contributed by atoms with van der Waals surface area (Å²) in [5.41, 5.74) is 3.43. The first-order valence-corrected chi connectivity index (χ1v) is 6.47. The van der Waals surface area contributed by atoms with Crippen LogP contribution in [0.5, 0.6) is 0 Å². The van der Waals surface area contributed by atoms with Crippen molar-refractivity contribution in [3.63, 3.8) is 0 Å². The van der Waals surface area contributed by atoms with Crippen molar-refractivity contribution in [2.45, 2.75) is 13.5 Å². The maximum absolute atomic E-state index is 4.63. The van der Waals surface area contributed by atoms with Crippen molar-refractivity contribution in [3.05, 3.63) is 59.9 Å². The molecule has 0 amide bonds. The summed E-state index contributed by atoms with van der Waals surface area (Å²) in [4.78, 5) is 0. The number of aromatic nitrogens is 2. The molecular weight excluding hydrogens is 234 g/mol. The molecule has 96 valence electrons. The fraction of sp³-hybridized carbons (Fsp3) is 0.188. The summed E-state index contributed by atoms with van der Waals surface area (Å²) in [6.45, 7) is 2.89. The molecule has 0 spiro atoms. The molecule has 0 aliphatic rings. The van der Waals surface area contributed by atoms with Crippen LogP contribution in [0.25, 0.3) is 16.5 Å². The highest BCUT2D eigenvalue weighted by Crippen LogP contribution is 2.22. The Morgan fingerprint density at radius 2 is 1.89 bits per heavy atom. The zero-order valence-electron chi connectivity index (χ0n) is 11.2. The van der Waals surface area contributed by atoms with E-state index in [1.165, 1.54) is 16.3 Å². The molecule has 0 aliphatic heterocycles. The Bertz CT molecular complexity index is 708. The highest BCUT2D eigenvalue weighted by molar-refractivity contribution is 5.89. The number of fused-ring (bicyclic) bond motifs is 1. The van der Waals surface area contributed by atoms with Gasteiger partial charge in [0.05, 0.1) is 11.4 Å². The predicted octanol–water partition coefficient (Wildman–Crippen LogP) is 3.05. The van der Waals surface area contributed by atoms with Crippen LogP contribution >= 0.6 is 0 Å². The van der Waals surface area contributed by atoms with Crippen molar-refractivity contribution in [2.24, 2.45) is 0 Å². The van der Waals surface area contributed by atoms with E-state index in [9.17, 15) is 0 Å². The molecule has 0 saturated carbocycles. The minimum atomic E-state index is 0.844. The summed E-state index contributed by atoms with van der Waals surface area (Å²) >= 11 is 0. The van der Waals surface area contributed by atoms with Crippen LogP contribution in [0.2, 0.25) is 0 Å². The maximum atomic E-state index is 4.63. The van der Waals surface area contributed by atoms with Gasteiger partial charge in [0.2, 0.25) is 0 Å². The van der Waals surface area contributed by atoms with E-state index in [0.29, 0.717) is 0 Å². The third kappa shape index (κ3) is 2.13. The average molecular weight is 251 g/mol. The Balaban J connectivity index is 2.16. The van der Waals surface area contributed by atoms with Crippen LogP contribution in [0.3, 0.4) is 0 Å². The standard InChI is InChI=1S/C16H17N3/c1-12-14(10-17-2)11-19(18-12)16-9-5-7-13-6-3-4-8-15(13)16/h3-9,11,17H,10H2,1-2H3. The first-order valence-electron chi connectivity index (χ1n) is 6.47. The lowest BCUT2D eigenvalue weighted by molar-refractivity contribution is 0.812. The highest BCUT2D eigenvalue weighted by atomic mass is 15.3. The van der Waals surface area contributed by atoms with E-state index in [4.69, 9.17) is 0 Å². The summed E-state index contributed by atoms with van der Waals surface area (Å²) in [5, 5.41) is 10.3. The molecule has 0 fully saturated rings. The number of nitrogens with zero attached hydrogens (tertiary/aromatic N) is 2. The predicted molar refractivity (Wildman–Crippen MR) is 78.6 cm³/mol. The monoisotopic (exact) mass is 251 g/mol. The third-order valence-electron chi connectivity index (χ3n) is 3.38.